The summed E-state index contributed by atoms with van der Waals surface area (Å²) in [6.45, 7) is 0. The molecule has 0 amide bonds. The van der Waals surface area contributed by atoms with E-state index in [0.29, 0.717) is 0 Å². The van der Waals surface area contributed by atoms with Crippen molar-refractivity contribution in [3.63, 3.8) is 0 Å². The highest BCUT2D eigenvalue weighted by Gasteiger charge is 2.55. The molecule has 3 rings (SSSR count). The molecule has 1 aromatic carbocycles. The smallest absolute Gasteiger partial charge is 0.0645 e. The van der Waals surface area contributed by atoms with Crippen LogP contribution >= 0.6 is 0 Å². The van der Waals surface area contributed by atoms with Gasteiger partial charge < -0.3 is 5.11 Å². The molecule has 1 aromatic rings. The fraction of sp³-hybridized carbons (Fsp3) is 0.400. The van der Waals surface area contributed by atoms with Gasteiger partial charge in [-0.3, -0.25) is 0 Å². The van der Waals surface area contributed by atoms with Crippen molar-refractivity contribution in [1.29, 1.82) is 0 Å². The van der Waals surface area contributed by atoms with E-state index in [1.807, 2.05) is 0 Å². The normalized spacial score (nSPS) is 36.9. The van der Waals surface area contributed by atoms with Crippen LogP contribution in [0.15, 0.2) is 24.3 Å². The highest BCUT2D eigenvalue weighted by Crippen LogP contribution is 2.50. The number of aliphatic hydroxyl groups is 1. The molecular weight excluding hydrogens is 164 g/mol. The molecule has 1 heterocycles. The minimum Gasteiger partial charge on any atom is -0.392 e. The Balaban J connectivity index is 2.19. The van der Waals surface area contributed by atoms with Crippen LogP contribution in [0.5, 0.6) is 0 Å². The first-order chi connectivity index (χ1) is 5.83. The van der Waals surface area contributed by atoms with Crippen molar-refractivity contribution in [3.8, 4) is 0 Å². The maximum atomic E-state index is 9.85. The molecule has 2 radical (unpaired) electrons. The van der Waals surface area contributed by atoms with E-state index < -0.39 is 0 Å². The van der Waals surface area contributed by atoms with Gasteiger partial charge in [-0.15, -0.1) is 0 Å². The second kappa shape index (κ2) is 2.01. The summed E-state index contributed by atoms with van der Waals surface area (Å²) in [5.41, 5.74) is 2.80. The van der Waals surface area contributed by atoms with E-state index in [4.69, 9.17) is 0 Å². The van der Waals surface area contributed by atoms with Crippen molar-refractivity contribution < 1.29 is 5.11 Å². The van der Waals surface area contributed by atoms with Crippen LogP contribution in [-0.4, -0.2) is 20.7 Å². The number of aliphatic hydroxyl groups excluding tert-OH is 1. The van der Waals surface area contributed by atoms with Crippen molar-refractivity contribution in [2.24, 2.45) is 0 Å². The van der Waals surface area contributed by atoms with E-state index in [-0.39, 0.29) is 11.1 Å². The zero-order chi connectivity index (χ0) is 8.18. The number of hydrogen-bond acceptors (Lipinski definition) is 1. The number of fused-ring (bicyclic) bond motifs is 2. The van der Waals surface area contributed by atoms with E-state index in [9.17, 15) is 5.11 Å². The molecule has 1 saturated heterocycles. The summed E-state index contributed by atoms with van der Waals surface area (Å²) in [6.07, 6.45) is 0.789. The summed E-state index contributed by atoms with van der Waals surface area (Å²) in [4.78, 5) is 0. The molecule has 0 aromatic heterocycles. The van der Waals surface area contributed by atoms with Crippen LogP contribution in [0, 0.1) is 0 Å². The van der Waals surface area contributed by atoms with Gasteiger partial charge in [0, 0.05) is 5.04 Å². The van der Waals surface area contributed by atoms with Gasteiger partial charge in [-0.25, -0.2) is 0 Å². The molecule has 60 valence electrons. The minimum atomic E-state index is -0.0896. The van der Waals surface area contributed by atoms with Crippen LogP contribution in [0.1, 0.15) is 11.1 Å². The molecule has 2 atom stereocenters. The molecule has 0 bridgehead atoms. The van der Waals surface area contributed by atoms with Gasteiger partial charge in [-0.1, -0.05) is 30.3 Å². The molecule has 2 heteroatoms. The SMILES string of the molecule is OC1Cc2ccccc2[C@]12C[Si]2. The zero-order valence-corrected chi connectivity index (χ0v) is 7.75. The second-order valence-electron chi connectivity index (χ2n) is 3.70. The van der Waals surface area contributed by atoms with Crippen molar-refractivity contribution in [2.45, 2.75) is 23.6 Å². The van der Waals surface area contributed by atoms with Gasteiger partial charge in [0.2, 0.25) is 0 Å². The monoisotopic (exact) mass is 174 g/mol. The molecule has 2 aliphatic rings. The Kier molecular flexibility index (Phi) is 1.15. The molecule has 1 nitrogen and oxygen atoms in total. The summed E-state index contributed by atoms with van der Waals surface area (Å²) in [5, 5.41) is 10.1. The second-order valence-corrected chi connectivity index (χ2v) is 5.30. The van der Waals surface area contributed by atoms with Crippen molar-refractivity contribution >= 4 is 9.52 Å². The van der Waals surface area contributed by atoms with E-state index in [1.54, 1.807) is 0 Å². The molecule has 1 spiro atoms. The largest absolute Gasteiger partial charge is 0.392 e. The number of hydrogen-bond donors (Lipinski definition) is 1. The number of benzene rings is 1. The summed E-state index contributed by atoms with van der Waals surface area (Å²) >= 11 is 0. The van der Waals surface area contributed by atoms with Gasteiger partial charge in [0.1, 0.15) is 0 Å². The molecule has 1 aliphatic heterocycles. The Labute approximate surface area is 74.2 Å². The standard InChI is InChI=1S/C10H10OSi/c11-9-5-7-3-1-2-4-8(7)10(9)6-12-10/h1-4,9,11H,5-6H2/t9?,10-/m1/s1. The summed E-state index contributed by atoms with van der Waals surface area (Å²) in [6, 6.07) is 9.70. The van der Waals surface area contributed by atoms with Crippen LogP contribution in [0.3, 0.4) is 0 Å². The first-order valence-corrected chi connectivity index (χ1v) is 5.55. The third kappa shape index (κ3) is 0.672. The van der Waals surface area contributed by atoms with E-state index >= 15 is 0 Å². The first-order valence-electron chi connectivity index (χ1n) is 4.34. The lowest BCUT2D eigenvalue weighted by molar-refractivity contribution is 0.159. The van der Waals surface area contributed by atoms with Gasteiger partial charge in [0.25, 0.3) is 0 Å². The number of rotatable bonds is 0. The summed E-state index contributed by atoms with van der Waals surface area (Å²) in [7, 11) is 0.955. The van der Waals surface area contributed by atoms with Crippen molar-refractivity contribution in [1.82, 2.24) is 0 Å². The maximum absolute atomic E-state index is 9.85. The molecule has 0 saturated carbocycles. The van der Waals surface area contributed by atoms with Crippen LogP contribution in [0.4, 0.5) is 0 Å². The zero-order valence-electron chi connectivity index (χ0n) is 6.75. The van der Waals surface area contributed by atoms with Crippen LogP contribution in [0.2, 0.25) is 6.04 Å². The maximum Gasteiger partial charge on any atom is 0.0645 e. The van der Waals surface area contributed by atoms with Crippen LogP contribution in [-0.2, 0) is 11.5 Å². The van der Waals surface area contributed by atoms with E-state index in [2.05, 4.69) is 24.3 Å². The molecule has 1 fully saturated rings. The summed E-state index contributed by atoms with van der Waals surface area (Å²) < 4.78 is 0. The Morgan fingerprint density at radius 2 is 2.17 bits per heavy atom. The highest BCUT2D eigenvalue weighted by molar-refractivity contribution is 6.54. The van der Waals surface area contributed by atoms with Gasteiger partial charge in [-0.2, -0.15) is 0 Å². The summed E-state index contributed by atoms with van der Waals surface area (Å²) in [5.74, 6) is 0. The average molecular weight is 174 g/mol. The predicted octanol–water partition coefficient (Wildman–Crippen LogP) is 0.935. The quantitative estimate of drug-likeness (QED) is 0.580. The lowest BCUT2D eigenvalue weighted by Gasteiger charge is -2.12. The van der Waals surface area contributed by atoms with Gasteiger partial charge in [0.05, 0.1) is 15.6 Å². The fourth-order valence-electron chi connectivity index (χ4n) is 2.22. The Bertz CT molecular complexity index is 330. The molecule has 1 N–H and O–H groups in total. The van der Waals surface area contributed by atoms with Gasteiger partial charge in [0.15, 0.2) is 0 Å². The van der Waals surface area contributed by atoms with Crippen LogP contribution < -0.4 is 0 Å². The van der Waals surface area contributed by atoms with Gasteiger partial charge in [-0.05, 0) is 17.5 Å². The highest BCUT2D eigenvalue weighted by atomic mass is 28.2. The third-order valence-electron chi connectivity index (χ3n) is 3.04. The Morgan fingerprint density at radius 1 is 1.42 bits per heavy atom. The fourth-order valence-corrected chi connectivity index (χ4v) is 3.61. The molecule has 12 heavy (non-hydrogen) atoms. The molecule has 1 aliphatic carbocycles. The van der Waals surface area contributed by atoms with Crippen molar-refractivity contribution in [2.75, 3.05) is 0 Å². The third-order valence-corrected chi connectivity index (χ3v) is 4.76. The van der Waals surface area contributed by atoms with E-state index in [0.717, 1.165) is 15.9 Å². The predicted molar refractivity (Wildman–Crippen MR) is 48.4 cm³/mol. The Hall–Kier alpha value is -0.603. The first kappa shape index (κ1) is 6.86. The lowest BCUT2D eigenvalue weighted by atomic mass is 10.0. The average Bonchev–Trinajstić information content (AvgIpc) is 2.80. The minimum absolute atomic E-state index is 0.0896. The Morgan fingerprint density at radius 3 is 2.92 bits per heavy atom. The molecular formula is C10H10OSi. The van der Waals surface area contributed by atoms with Gasteiger partial charge >= 0.3 is 0 Å². The molecule has 1 unspecified atom stereocenters. The van der Waals surface area contributed by atoms with Crippen molar-refractivity contribution in [3.05, 3.63) is 35.4 Å². The topological polar surface area (TPSA) is 20.2 Å². The lowest BCUT2D eigenvalue weighted by Crippen LogP contribution is -2.22. The van der Waals surface area contributed by atoms with E-state index in [1.165, 1.54) is 17.2 Å². The van der Waals surface area contributed by atoms with Crippen LogP contribution in [0.25, 0.3) is 0 Å².